The molecule has 2 N–H and O–H groups in total. The number of anilines is 1. The Morgan fingerprint density at radius 2 is 1.62 bits per heavy atom. The summed E-state index contributed by atoms with van der Waals surface area (Å²) in [6.45, 7) is 1.52. The van der Waals surface area contributed by atoms with E-state index in [0.717, 1.165) is 5.56 Å². The number of carbonyl (C=O) groups excluding carboxylic acids is 2. The largest absolute Gasteiger partial charge is 0.362 e. The summed E-state index contributed by atoms with van der Waals surface area (Å²) in [7, 11) is 0. The molecule has 24 heavy (non-hydrogen) atoms. The van der Waals surface area contributed by atoms with Gasteiger partial charge in [-0.1, -0.05) is 41.9 Å². The standard InChI is InChI=1S/C18H19ClN2O3/c1-13(14-5-3-2-4-6-14)20-17(22)11-24-12-18(23)21-16-9-7-15(19)8-10-16/h2-10,13H,11-12H2,1H3,(H,20,22)(H,21,23)/t13-/m1/s1. The van der Waals surface area contributed by atoms with Crippen LogP contribution in [0.4, 0.5) is 5.69 Å². The van der Waals surface area contributed by atoms with E-state index >= 15 is 0 Å². The Labute approximate surface area is 146 Å². The Morgan fingerprint density at radius 3 is 2.29 bits per heavy atom. The molecule has 5 nitrogen and oxygen atoms in total. The summed E-state index contributed by atoms with van der Waals surface area (Å²) in [5.74, 6) is -0.605. The van der Waals surface area contributed by atoms with Crippen LogP contribution in [-0.4, -0.2) is 25.0 Å². The molecule has 0 radical (unpaired) electrons. The molecule has 0 saturated heterocycles. The van der Waals surface area contributed by atoms with Crippen molar-refractivity contribution in [3.63, 3.8) is 0 Å². The van der Waals surface area contributed by atoms with E-state index in [1.54, 1.807) is 24.3 Å². The Morgan fingerprint density at radius 1 is 1.00 bits per heavy atom. The zero-order valence-electron chi connectivity index (χ0n) is 13.3. The van der Waals surface area contributed by atoms with Gasteiger partial charge >= 0.3 is 0 Å². The highest BCUT2D eigenvalue weighted by molar-refractivity contribution is 6.30. The van der Waals surface area contributed by atoms with Gasteiger partial charge in [0.15, 0.2) is 0 Å². The lowest BCUT2D eigenvalue weighted by atomic mass is 10.1. The number of benzene rings is 2. The van der Waals surface area contributed by atoms with Crippen LogP contribution in [0.1, 0.15) is 18.5 Å². The van der Waals surface area contributed by atoms with Crippen molar-refractivity contribution in [2.45, 2.75) is 13.0 Å². The second-order valence-corrected chi connectivity index (χ2v) is 5.68. The fourth-order valence-corrected chi connectivity index (χ4v) is 2.20. The number of nitrogens with one attached hydrogen (secondary N) is 2. The molecule has 0 unspecified atom stereocenters. The first kappa shape index (κ1) is 18.0. The van der Waals surface area contributed by atoms with E-state index in [9.17, 15) is 9.59 Å². The van der Waals surface area contributed by atoms with Crippen LogP contribution < -0.4 is 10.6 Å². The summed E-state index contributed by atoms with van der Waals surface area (Å²) >= 11 is 5.77. The maximum Gasteiger partial charge on any atom is 0.250 e. The highest BCUT2D eigenvalue weighted by atomic mass is 35.5. The minimum Gasteiger partial charge on any atom is -0.362 e. The number of carbonyl (C=O) groups is 2. The first-order valence-electron chi connectivity index (χ1n) is 7.52. The monoisotopic (exact) mass is 346 g/mol. The van der Waals surface area contributed by atoms with Crippen molar-refractivity contribution in [2.75, 3.05) is 18.5 Å². The van der Waals surface area contributed by atoms with E-state index in [4.69, 9.17) is 16.3 Å². The zero-order chi connectivity index (χ0) is 17.4. The first-order valence-corrected chi connectivity index (χ1v) is 7.90. The first-order chi connectivity index (χ1) is 11.5. The fraction of sp³-hybridized carbons (Fsp3) is 0.222. The van der Waals surface area contributed by atoms with Crippen molar-refractivity contribution in [3.8, 4) is 0 Å². The third-order valence-electron chi connectivity index (χ3n) is 3.27. The van der Waals surface area contributed by atoms with Gasteiger partial charge in [-0.05, 0) is 36.8 Å². The molecule has 0 aromatic heterocycles. The molecule has 2 amide bonds. The number of amides is 2. The number of rotatable bonds is 7. The summed E-state index contributed by atoms with van der Waals surface area (Å²) in [6.07, 6.45) is 0. The maximum absolute atomic E-state index is 11.8. The summed E-state index contributed by atoms with van der Waals surface area (Å²) in [5, 5.41) is 6.06. The molecule has 1 atom stereocenters. The van der Waals surface area contributed by atoms with E-state index in [1.807, 2.05) is 37.3 Å². The lowest BCUT2D eigenvalue weighted by molar-refractivity contribution is -0.129. The molecular weight excluding hydrogens is 328 g/mol. The van der Waals surface area contributed by atoms with Gasteiger partial charge in [0.05, 0.1) is 6.04 Å². The average Bonchev–Trinajstić information content (AvgIpc) is 2.57. The van der Waals surface area contributed by atoms with Gasteiger partial charge in [0, 0.05) is 10.7 Å². The van der Waals surface area contributed by atoms with Crippen LogP contribution in [0.15, 0.2) is 54.6 Å². The maximum atomic E-state index is 11.8. The van der Waals surface area contributed by atoms with Crippen molar-refractivity contribution in [1.29, 1.82) is 0 Å². The van der Waals surface area contributed by atoms with Crippen LogP contribution in [0.2, 0.25) is 5.02 Å². The minimum absolute atomic E-state index is 0.120. The topological polar surface area (TPSA) is 67.4 Å². The van der Waals surface area contributed by atoms with Gasteiger partial charge in [0.25, 0.3) is 0 Å². The van der Waals surface area contributed by atoms with Crippen molar-refractivity contribution in [3.05, 3.63) is 65.2 Å². The molecule has 6 heteroatoms. The number of halogens is 1. The predicted octanol–water partition coefficient (Wildman–Crippen LogP) is 3.17. The van der Waals surface area contributed by atoms with Crippen molar-refractivity contribution in [1.82, 2.24) is 5.32 Å². The predicted molar refractivity (Wildman–Crippen MR) is 93.9 cm³/mol. The van der Waals surface area contributed by atoms with Crippen molar-refractivity contribution in [2.24, 2.45) is 0 Å². The normalized spacial score (nSPS) is 11.6. The number of hydrogen-bond acceptors (Lipinski definition) is 3. The van der Waals surface area contributed by atoms with E-state index < -0.39 is 0 Å². The fourth-order valence-electron chi connectivity index (χ4n) is 2.07. The molecule has 126 valence electrons. The quantitative estimate of drug-likeness (QED) is 0.809. The van der Waals surface area contributed by atoms with Gasteiger partial charge < -0.3 is 15.4 Å². The van der Waals surface area contributed by atoms with Gasteiger partial charge in [-0.3, -0.25) is 9.59 Å². The van der Waals surface area contributed by atoms with Gasteiger partial charge in [0.1, 0.15) is 13.2 Å². The minimum atomic E-state index is -0.332. The Hall–Kier alpha value is -2.37. The van der Waals surface area contributed by atoms with Crippen LogP contribution in [0.25, 0.3) is 0 Å². The molecule has 2 aromatic rings. The van der Waals surface area contributed by atoms with Crippen molar-refractivity contribution >= 4 is 29.1 Å². The third kappa shape index (κ3) is 6.02. The highest BCUT2D eigenvalue weighted by Gasteiger charge is 2.10. The van der Waals surface area contributed by atoms with Crippen LogP contribution in [0.5, 0.6) is 0 Å². The number of ether oxygens (including phenoxy) is 1. The summed E-state index contributed by atoms with van der Waals surface area (Å²) < 4.78 is 5.14. The van der Waals surface area contributed by atoms with E-state index in [-0.39, 0.29) is 31.1 Å². The Kier molecular flexibility index (Phi) is 6.78. The molecule has 0 heterocycles. The molecule has 0 spiro atoms. The molecule has 0 bridgehead atoms. The smallest absolute Gasteiger partial charge is 0.250 e. The zero-order valence-corrected chi connectivity index (χ0v) is 14.0. The lowest BCUT2D eigenvalue weighted by Gasteiger charge is -2.14. The lowest BCUT2D eigenvalue weighted by Crippen LogP contribution is -2.31. The van der Waals surface area contributed by atoms with Crippen LogP contribution in [0, 0.1) is 0 Å². The van der Waals surface area contributed by atoms with Gasteiger partial charge in [-0.15, -0.1) is 0 Å². The molecule has 0 aliphatic heterocycles. The molecule has 2 rings (SSSR count). The Bertz CT molecular complexity index is 674. The Balaban J connectivity index is 1.68. The van der Waals surface area contributed by atoms with Crippen molar-refractivity contribution < 1.29 is 14.3 Å². The highest BCUT2D eigenvalue weighted by Crippen LogP contribution is 2.13. The van der Waals surface area contributed by atoms with Crippen LogP contribution in [-0.2, 0) is 14.3 Å². The number of hydrogen-bond donors (Lipinski definition) is 2. The van der Waals surface area contributed by atoms with E-state index in [2.05, 4.69) is 10.6 Å². The third-order valence-corrected chi connectivity index (χ3v) is 3.52. The van der Waals surface area contributed by atoms with E-state index in [1.165, 1.54) is 0 Å². The van der Waals surface area contributed by atoms with Crippen LogP contribution >= 0.6 is 11.6 Å². The van der Waals surface area contributed by atoms with Gasteiger partial charge in [0.2, 0.25) is 11.8 Å². The van der Waals surface area contributed by atoms with E-state index in [0.29, 0.717) is 10.7 Å². The molecule has 0 saturated carbocycles. The molecule has 0 fully saturated rings. The van der Waals surface area contributed by atoms with Crippen LogP contribution in [0.3, 0.4) is 0 Å². The second kappa shape index (κ2) is 9.05. The van der Waals surface area contributed by atoms with Gasteiger partial charge in [-0.2, -0.15) is 0 Å². The SMILES string of the molecule is C[C@@H](NC(=O)COCC(=O)Nc1ccc(Cl)cc1)c1ccccc1. The molecule has 0 aliphatic carbocycles. The molecule has 2 aromatic carbocycles. The summed E-state index contributed by atoms with van der Waals surface area (Å²) in [6, 6.07) is 16.2. The summed E-state index contributed by atoms with van der Waals surface area (Å²) in [4.78, 5) is 23.5. The average molecular weight is 347 g/mol. The van der Waals surface area contributed by atoms with Gasteiger partial charge in [-0.25, -0.2) is 0 Å². The second-order valence-electron chi connectivity index (χ2n) is 5.25. The summed E-state index contributed by atoms with van der Waals surface area (Å²) in [5.41, 5.74) is 1.63. The molecule has 0 aliphatic rings. The molecular formula is C18H19ClN2O3.